The van der Waals surface area contributed by atoms with Crippen molar-refractivity contribution in [3.63, 3.8) is 0 Å². The third-order valence-corrected chi connectivity index (χ3v) is 7.48. The Morgan fingerprint density at radius 1 is 0.941 bits per heavy atom. The maximum absolute atomic E-state index is 13.3. The van der Waals surface area contributed by atoms with Gasteiger partial charge in [-0.25, -0.2) is 0 Å². The highest BCUT2D eigenvalue weighted by Crippen LogP contribution is 2.37. The predicted octanol–water partition coefficient (Wildman–Crippen LogP) is 2.68. The third kappa shape index (κ3) is 5.19. The molecule has 7 nitrogen and oxygen atoms in total. The number of fused-ring (bicyclic) bond motifs is 1. The first-order valence-electron chi connectivity index (χ1n) is 12.7. The van der Waals surface area contributed by atoms with E-state index in [9.17, 15) is 14.4 Å². The molecule has 4 unspecified atom stereocenters. The number of piperazine rings is 1. The fraction of sp³-hybridized carbons (Fsp3) is 0.593. The number of rotatable bonds is 8. The number of allylic oxidation sites excluding steroid dienone is 2. The Hall–Kier alpha value is -2.67. The molecule has 1 aromatic rings. The van der Waals surface area contributed by atoms with Crippen LogP contribution in [0.1, 0.15) is 40.0 Å². The first-order chi connectivity index (χ1) is 16.4. The lowest BCUT2D eigenvalue weighted by Crippen LogP contribution is -2.55. The van der Waals surface area contributed by atoms with Gasteiger partial charge < -0.3 is 10.2 Å². The summed E-state index contributed by atoms with van der Waals surface area (Å²) in [7, 11) is 0. The number of hydrogen-bond acceptors (Lipinski definition) is 5. The van der Waals surface area contributed by atoms with Gasteiger partial charge in [0, 0.05) is 44.5 Å². The van der Waals surface area contributed by atoms with Crippen molar-refractivity contribution in [2.24, 2.45) is 17.8 Å². The van der Waals surface area contributed by atoms with Crippen LogP contribution in [0.15, 0.2) is 42.5 Å². The molecule has 4 atom stereocenters. The van der Waals surface area contributed by atoms with Gasteiger partial charge in [0.1, 0.15) is 6.04 Å². The van der Waals surface area contributed by atoms with Crippen molar-refractivity contribution in [1.29, 1.82) is 0 Å². The fourth-order valence-corrected chi connectivity index (χ4v) is 5.46. The van der Waals surface area contributed by atoms with E-state index in [2.05, 4.69) is 46.3 Å². The molecule has 0 bridgehead atoms. The third-order valence-electron chi connectivity index (χ3n) is 7.48. The van der Waals surface area contributed by atoms with Crippen LogP contribution in [0.5, 0.6) is 0 Å². The maximum atomic E-state index is 13.3. The highest BCUT2D eigenvalue weighted by atomic mass is 16.2. The van der Waals surface area contributed by atoms with Crippen LogP contribution in [0.3, 0.4) is 0 Å². The SMILES string of the molecule is CC(C)CC(C(=O)NCC(C)N1CCN(c2ccccc2)CC1)N1C(=O)C2CC=CCC2C1=O. The fourth-order valence-electron chi connectivity index (χ4n) is 5.46. The lowest BCUT2D eigenvalue weighted by Gasteiger charge is -2.39. The number of anilines is 1. The smallest absolute Gasteiger partial charge is 0.243 e. The summed E-state index contributed by atoms with van der Waals surface area (Å²) in [5.74, 6) is -0.979. The Kier molecular flexibility index (Phi) is 7.71. The van der Waals surface area contributed by atoms with Gasteiger partial charge in [-0.1, -0.05) is 44.2 Å². The Morgan fingerprint density at radius 2 is 1.53 bits per heavy atom. The van der Waals surface area contributed by atoms with Crippen molar-refractivity contribution >= 4 is 23.4 Å². The molecule has 184 valence electrons. The van der Waals surface area contributed by atoms with Crippen molar-refractivity contribution < 1.29 is 14.4 Å². The van der Waals surface area contributed by atoms with E-state index in [1.807, 2.05) is 32.1 Å². The van der Waals surface area contributed by atoms with Crippen LogP contribution in [0.2, 0.25) is 0 Å². The molecule has 2 fully saturated rings. The summed E-state index contributed by atoms with van der Waals surface area (Å²) in [5, 5.41) is 3.07. The summed E-state index contributed by atoms with van der Waals surface area (Å²) in [4.78, 5) is 45.5. The first kappa shape index (κ1) is 24.5. The minimum atomic E-state index is -0.729. The molecule has 1 aliphatic carbocycles. The second-order valence-electron chi connectivity index (χ2n) is 10.3. The number of nitrogens with zero attached hydrogens (tertiary/aromatic N) is 3. The molecule has 3 amide bonds. The van der Waals surface area contributed by atoms with E-state index in [1.165, 1.54) is 10.6 Å². The van der Waals surface area contributed by atoms with E-state index in [-0.39, 0.29) is 41.5 Å². The van der Waals surface area contributed by atoms with E-state index >= 15 is 0 Å². The van der Waals surface area contributed by atoms with Gasteiger partial charge in [-0.05, 0) is 44.2 Å². The van der Waals surface area contributed by atoms with Gasteiger partial charge in [0.2, 0.25) is 17.7 Å². The first-order valence-corrected chi connectivity index (χ1v) is 12.7. The molecule has 1 N–H and O–H groups in total. The quantitative estimate of drug-likeness (QED) is 0.471. The highest BCUT2D eigenvalue weighted by molar-refractivity contribution is 6.08. The van der Waals surface area contributed by atoms with Gasteiger partial charge in [-0.3, -0.25) is 24.2 Å². The van der Waals surface area contributed by atoms with Crippen LogP contribution in [0, 0.1) is 17.8 Å². The highest BCUT2D eigenvalue weighted by Gasteiger charge is 2.51. The maximum Gasteiger partial charge on any atom is 0.243 e. The number of carbonyl (C=O) groups is 3. The summed E-state index contributed by atoms with van der Waals surface area (Å²) >= 11 is 0. The Balaban J connectivity index is 1.33. The molecule has 0 saturated carbocycles. The van der Waals surface area contributed by atoms with Crippen LogP contribution in [-0.4, -0.2) is 72.3 Å². The molecule has 0 spiro atoms. The lowest BCUT2D eigenvalue weighted by atomic mass is 9.85. The average Bonchev–Trinajstić information content (AvgIpc) is 3.11. The van der Waals surface area contributed by atoms with E-state index in [0.717, 1.165) is 26.2 Å². The van der Waals surface area contributed by atoms with E-state index in [4.69, 9.17) is 0 Å². The predicted molar refractivity (Wildman–Crippen MR) is 133 cm³/mol. The van der Waals surface area contributed by atoms with Crippen molar-refractivity contribution in [2.45, 2.75) is 52.1 Å². The van der Waals surface area contributed by atoms with Crippen molar-refractivity contribution in [2.75, 3.05) is 37.6 Å². The van der Waals surface area contributed by atoms with E-state index in [1.54, 1.807) is 0 Å². The molecule has 4 rings (SSSR count). The Bertz CT molecular complexity index is 882. The molecule has 2 saturated heterocycles. The number of amides is 3. The van der Waals surface area contributed by atoms with Gasteiger partial charge in [0.25, 0.3) is 0 Å². The normalized spacial score (nSPS) is 24.9. The summed E-state index contributed by atoms with van der Waals surface area (Å²) in [6.45, 7) is 10.4. The van der Waals surface area contributed by atoms with Gasteiger partial charge >= 0.3 is 0 Å². The van der Waals surface area contributed by atoms with Crippen LogP contribution in [0.25, 0.3) is 0 Å². The summed E-state index contributed by atoms with van der Waals surface area (Å²) in [5.41, 5.74) is 1.25. The molecule has 3 aliphatic rings. The largest absolute Gasteiger partial charge is 0.369 e. The van der Waals surface area contributed by atoms with Crippen molar-refractivity contribution in [3.05, 3.63) is 42.5 Å². The summed E-state index contributed by atoms with van der Waals surface area (Å²) in [6, 6.07) is 9.89. The number of para-hydroxylation sites is 1. The molecule has 0 radical (unpaired) electrons. The second kappa shape index (κ2) is 10.7. The zero-order chi connectivity index (χ0) is 24.2. The van der Waals surface area contributed by atoms with Crippen LogP contribution in [-0.2, 0) is 14.4 Å². The number of nitrogens with one attached hydrogen (secondary N) is 1. The topological polar surface area (TPSA) is 73.0 Å². The van der Waals surface area contributed by atoms with Gasteiger partial charge in [0.15, 0.2) is 0 Å². The molecular formula is C27H38N4O3. The second-order valence-corrected chi connectivity index (χ2v) is 10.3. The summed E-state index contributed by atoms with van der Waals surface area (Å²) in [6.07, 6.45) is 5.63. The molecule has 2 heterocycles. The monoisotopic (exact) mass is 466 g/mol. The summed E-state index contributed by atoms with van der Waals surface area (Å²) < 4.78 is 0. The number of hydrogen-bond donors (Lipinski definition) is 1. The lowest BCUT2D eigenvalue weighted by molar-refractivity contribution is -0.148. The number of likely N-dealkylation sites (tertiary alicyclic amines) is 1. The zero-order valence-electron chi connectivity index (χ0n) is 20.7. The number of benzene rings is 1. The number of imide groups is 1. The molecule has 34 heavy (non-hydrogen) atoms. The number of carbonyl (C=O) groups excluding carboxylic acids is 3. The minimum Gasteiger partial charge on any atom is -0.369 e. The van der Waals surface area contributed by atoms with Crippen LogP contribution < -0.4 is 10.2 Å². The van der Waals surface area contributed by atoms with E-state index in [0.29, 0.717) is 25.8 Å². The zero-order valence-corrected chi connectivity index (χ0v) is 20.7. The minimum absolute atomic E-state index is 0.176. The molecule has 2 aliphatic heterocycles. The standard InChI is InChI=1S/C27H38N4O3/c1-19(2)17-24(31-26(33)22-11-7-8-12-23(22)27(31)34)25(32)28-18-20(3)29-13-15-30(16-14-29)21-9-5-4-6-10-21/h4-10,19-20,22-24H,11-18H2,1-3H3,(H,28,32). The van der Waals surface area contributed by atoms with Gasteiger partial charge in [-0.2, -0.15) is 0 Å². The van der Waals surface area contributed by atoms with Crippen molar-refractivity contribution in [1.82, 2.24) is 15.1 Å². The Labute approximate surface area is 203 Å². The average molecular weight is 467 g/mol. The van der Waals surface area contributed by atoms with Crippen LogP contribution in [0.4, 0.5) is 5.69 Å². The van der Waals surface area contributed by atoms with Crippen molar-refractivity contribution in [3.8, 4) is 0 Å². The molecule has 7 heteroatoms. The molecular weight excluding hydrogens is 428 g/mol. The Morgan fingerprint density at radius 3 is 2.09 bits per heavy atom. The molecule has 0 aromatic heterocycles. The van der Waals surface area contributed by atoms with Gasteiger partial charge in [-0.15, -0.1) is 0 Å². The van der Waals surface area contributed by atoms with E-state index < -0.39 is 6.04 Å². The van der Waals surface area contributed by atoms with Gasteiger partial charge in [0.05, 0.1) is 11.8 Å². The molecule has 1 aromatic carbocycles. The van der Waals surface area contributed by atoms with Crippen LogP contribution >= 0.6 is 0 Å².